The van der Waals surface area contributed by atoms with Crippen molar-refractivity contribution < 1.29 is 8.83 Å². The molecule has 0 fully saturated rings. The molecular formula is C57H32N4O2. The van der Waals surface area contributed by atoms with Crippen molar-refractivity contribution in [1.82, 2.24) is 19.5 Å². The molecule has 0 bridgehead atoms. The van der Waals surface area contributed by atoms with Gasteiger partial charge in [-0.1, -0.05) is 133 Å². The summed E-state index contributed by atoms with van der Waals surface area (Å²) in [5.41, 5.74) is 9.18. The molecule has 6 heteroatoms. The van der Waals surface area contributed by atoms with Gasteiger partial charge in [-0.15, -0.1) is 0 Å². The van der Waals surface area contributed by atoms with E-state index in [1.165, 1.54) is 32.3 Å². The van der Waals surface area contributed by atoms with Gasteiger partial charge in [0.2, 0.25) is 0 Å². The summed E-state index contributed by atoms with van der Waals surface area (Å²) in [4.78, 5) is 16.0. The van der Waals surface area contributed by atoms with Crippen molar-refractivity contribution in [1.29, 1.82) is 0 Å². The van der Waals surface area contributed by atoms with Crippen LogP contribution in [0.25, 0.3) is 138 Å². The lowest BCUT2D eigenvalue weighted by Gasteiger charge is -2.14. The van der Waals surface area contributed by atoms with Crippen molar-refractivity contribution in [2.75, 3.05) is 0 Å². The van der Waals surface area contributed by atoms with Crippen LogP contribution in [-0.4, -0.2) is 19.5 Å². The Bertz CT molecular complexity index is 4200. The Morgan fingerprint density at radius 3 is 1.56 bits per heavy atom. The molecule has 0 amide bonds. The molecule has 0 N–H and O–H groups in total. The van der Waals surface area contributed by atoms with E-state index in [-0.39, 0.29) is 0 Å². The molecule has 0 radical (unpaired) electrons. The molecule has 0 saturated carbocycles. The minimum atomic E-state index is 0.568. The molecule has 4 aromatic heterocycles. The summed E-state index contributed by atoms with van der Waals surface area (Å²) >= 11 is 0. The van der Waals surface area contributed by atoms with Crippen LogP contribution in [0.3, 0.4) is 0 Å². The van der Waals surface area contributed by atoms with E-state index in [1.54, 1.807) is 0 Å². The predicted molar refractivity (Wildman–Crippen MR) is 258 cm³/mol. The molecule has 0 aliphatic heterocycles. The summed E-state index contributed by atoms with van der Waals surface area (Å²) < 4.78 is 15.0. The Hall–Kier alpha value is -8.61. The highest BCUT2D eigenvalue weighted by Crippen LogP contribution is 2.42. The van der Waals surface area contributed by atoms with Crippen LogP contribution in [0.15, 0.2) is 203 Å². The van der Waals surface area contributed by atoms with Gasteiger partial charge in [0.05, 0.1) is 11.0 Å². The largest absolute Gasteiger partial charge is 0.456 e. The van der Waals surface area contributed by atoms with E-state index in [2.05, 4.69) is 138 Å². The molecule has 14 aromatic rings. The third-order valence-electron chi connectivity index (χ3n) is 12.8. The Morgan fingerprint density at radius 2 is 0.810 bits per heavy atom. The fourth-order valence-corrected chi connectivity index (χ4v) is 10.1. The summed E-state index contributed by atoms with van der Waals surface area (Å²) in [5.74, 6) is 1.72. The van der Waals surface area contributed by atoms with Crippen LogP contribution in [0, 0.1) is 0 Å². The van der Waals surface area contributed by atoms with Gasteiger partial charge in [0, 0.05) is 54.7 Å². The van der Waals surface area contributed by atoms with E-state index in [9.17, 15) is 0 Å². The van der Waals surface area contributed by atoms with E-state index in [4.69, 9.17) is 23.8 Å². The smallest absolute Gasteiger partial charge is 0.164 e. The highest BCUT2D eigenvalue weighted by atomic mass is 16.3. The maximum absolute atomic E-state index is 6.36. The Balaban J connectivity index is 1.04. The zero-order valence-electron chi connectivity index (χ0n) is 33.6. The maximum Gasteiger partial charge on any atom is 0.164 e. The molecule has 10 aromatic carbocycles. The van der Waals surface area contributed by atoms with E-state index in [0.29, 0.717) is 17.5 Å². The first kappa shape index (κ1) is 34.1. The van der Waals surface area contributed by atoms with Gasteiger partial charge in [-0.05, 0) is 93.0 Å². The second kappa shape index (κ2) is 12.9. The summed E-state index contributed by atoms with van der Waals surface area (Å²) in [6, 6.07) is 68.1. The van der Waals surface area contributed by atoms with Crippen molar-refractivity contribution in [2.45, 2.75) is 0 Å². The topological polar surface area (TPSA) is 69.9 Å². The van der Waals surface area contributed by atoms with E-state index in [1.807, 2.05) is 60.7 Å². The SMILES string of the molecule is c1ccc2c(c1)oc1ccc(-c3nc(-c4cccc5oc6ccccc6c45)nc(-c4cccc5c4c4ccccc4n5-c4ccc5c6ccccc6c6ccccc6c5c4)n3)cc12. The minimum Gasteiger partial charge on any atom is -0.456 e. The number of aromatic nitrogens is 4. The maximum atomic E-state index is 6.36. The average molecular weight is 805 g/mol. The van der Waals surface area contributed by atoms with Crippen LogP contribution < -0.4 is 0 Å². The number of hydrogen-bond acceptors (Lipinski definition) is 5. The van der Waals surface area contributed by atoms with E-state index >= 15 is 0 Å². The second-order valence-electron chi connectivity index (χ2n) is 16.3. The van der Waals surface area contributed by atoms with Gasteiger partial charge >= 0.3 is 0 Å². The highest BCUT2D eigenvalue weighted by Gasteiger charge is 2.22. The van der Waals surface area contributed by atoms with Crippen LogP contribution in [0.2, 0.25) is 0 Å². The van der Waals surface area contributed by atoms with Crippen LogP contribution in [0.5, 0.6) is 0 Å². The molecule has 0 unspecified atom stereocenters. The zero-order chi connectivity index (χ0) is 41.2. The first-order valence-corrected chi connectivity index (χ1v) is 21.2. The number of benzene rings is 10. The Kier molecular flexibility index (Phi) is 7.02. The van der Waals surface area contributed by atoms with Crippen molar-refractivity contribution >= 4 is 98.0 Å². The quantitative estimate of drug-likeness (QED) is 0.166. The first-order chi connectivity index (χ1) is 31.2. The number of rotatable bonds is 4. The molecule has 0 saturated heterocycles. The van der Waals surface area contributed by atoms with Gasteiger partial charge in [0.25, 0.3) is 0 Å². The number of fused-ring (bicyclic) bond motifs is 15. The summed E-state index contributed by atoms with van der Waals surface area (Å²) in [5, 5.41) is 13.7. The van der Waals surface area contributed by atoms with Gasteiger partial charge in [-0.25, -0.2) is 15.0 Å². The van der Waals surface area contributed by atoms with Gasteiger partial charge in [-0.3, -0.25) is 0 Å². The molecule has 0 aliphatic carbocycles. The Labute approximate surface area is 358 Å². The molecule has 4 heterocycles. The van der Waals surface area contributed by atoms with E-state index in [0.717, 1.165) is 88.1 Å². The lowest BCUT2D eigenvalue weighted by Crippen LogP contribution is -2.01. The van der Waals surface area contributed by atoms with Crippen molar-refractivity contribution in [2.24, 2.45) is 0 Å². The van der Waals surface area contributed by atoms with Gasteiger partial charge in [0.1, 0.15) is 22.3 Å². The highest BCUT2D eigenvalue weighted by molar-refractivity contribution is 6.26. The lowest BCUT2D eigenvalue weighted by atomic mass is 9.94. The third-order valence-corrected chi connectivity index (χ3v) is 12.8. The molecule has 14 rings (SSSR count). The summed E-state index contributed by atoms with van der Waals surface area (Å²) in [7, 11) is 0. The van der Waals surface area contributed by atoms with Crippen molar-refractivity contribution in [3.8, 4) is 39.9 Å². The van der Waals surface area contributed by atoms with Crippen molar-refractivity contribution in [3.63, 3.8) is 0 Å². The van der Waals surface area contributed by atoms with E-state index < -0.39 is 0 Å². The molecular weight excluding hydrogens is 773 g/mol. The fourth-order valence-electron chi connectivity index (χ4n) is 10.1. The van der Waals surface area contributed by atoms with Gasteiger partial charge < -0.3 is 13.4 Å². The van der Waals surface area contributed by atoms with Crippen LogP contribution in [-0.2, 0) is 0 Å². The molecule has 292 valence electrons. The van der Waals surface area contributed by atoms with Crippen molar-refractivity contribution in [3.05, 3.63) is 194 Å². The zero-order valence-corrected chi connectivity index (χ0v) is 33.6. The Morgan fingerprint density at radius 1 is 0.302 bits per heavy atom. The molecule has 0 atom stereocenters. The number of nitrogens with zero attached hydrogens (tertiary/aromatic N) is 4. The fraction of sp³-hybridized carbons (Fsp3) is 0. The van der Waals surface area contributed by atoms with Crippen LogP contribution >= 0.6 is 0 Å². The predicted octanol–water partition coefficient (Wildman–Crippen LogP) is 15.2. The standard InChI is InChI=1S/C57H32N4O2/c1-2-15-37-35(13-1)36-14-3-4-16-38(36)45-32-34(28-29-39(37)45)61-47-22-8-5-18-41(47)53-43(20-11-23-48(53)61)56-58-55(33-27-30-51-46(31-33)40-17-6-9-24-49(40)62-51)59-57(60-56)44-21-12-26-52-54(44)42-19-7-10-25-50(42)63-52/h1-32H. The number of furan rings is 2. The van der Waals surface area contributed by atoms with Crippen LogP contribution in [0.1, 0.15) is 0 Å². The molecule has 63 heavy (non-hydrogen) atoms. The normalized spacial score (nSPS) is 12.1. The molecule has 0 spiro atoms. The van der Waals surface area contributed by atoms with Gasteiger partial charge in [-0.2, -0.15) is 0 Å². The third kappa shape index (κ3) is 4.97. The summed E-state index contributed by atoms with van der Waals surface area (Å²) in [6.07, 6.45) is 0. The lowest BCUT2D eigenvalue weighted by molar-refractivity contribution is 0.668. The average Bonchev–Trinajstić information content (AvgIpc) is 4.03. The van der Waals surface area contributed by atoms with Crippen LogP contribution in [0.4, 0.5) is 0 Å². The summed E-state index contributed by atoms with van der Waals surface area (Å²) in [6.45, 7) is 0. The monoisotopic (exact) mass is 804 g/mol. The first-order valence-electron chi connectivity index (χ1n) is 21.2. The van der Waals surface area contributed by atoms with Gasteiger partial charge in [0.15, 0.2) is 17.5 Å². The second-order valence-corrected chi connectivity index (χ2v) is 16.3. The number of para-hydroxylation sites is 3. The molecule has 0 aliphatic rings. The minimum absolute atomic E-state index is 0.568. The number of hydrogen-bond donors (Lipinski definition) is 0. The molecule has 6 nitrogen and oxygen atoms in total.